The Morgan fingerprint density at radius 1 is 0.952 bits per heavy atom. The maximum atomic E-state index is 12.6. The van der Waals surface area contributed by atoms with Crippen molar-refractivity contribution in [3.05, 3.63) is 59.2 Å². The van der Waals surface area contributed by atoms with Crippen LogP contribution in [0.2, 0.25) is 0 Å². The van der Waals surface area contributed by atoms with E-state index in [-0.39, 0.29) is 0 Å². The molecule has 0 bridgehead atoms. The standard InChI is InChI=1S/C17H21NO2S/c1-12(2)15-8-7-14(4)17(11-15)21(19,20)18-16-9-5-13(3)6-10-16/h5-12,18H,1-4H3. The number of benzene rings is 2. The molecular formula is C17H21NO2S. The fourth-order valence-electron chi connectivity index (χ4n) is 2.10. The minimum absolute atomic E-state index is 0.291. The first kappa shape index (κ1) is 15.6. The first-order chi connectivity index (χ1) is 9.79. The zero-order valence-corrected chi connectivity index (χ0v) is 13.7. The summed E-state index contributed by atoms with van der Waals surface area (Å²) in [6, 6.07) is 12.9. The molecule has 0 aromatic heterocycles. The van der Waals surface area contributed by atoms with E-state index in [0.717, 1.165) is 16.7 Å². The number of sulfonamides is 1. The summed E-state index contributed by atoms with van der Waals surface area (Å²) in [4.78, 5) is 0.342. The molecule has 0 saturated heterocycles. The summed E-state index contributed by atoms with van der Waals surface area (Å²) in [6.07, 6.45) is 0. The molecule has 0 unspecified atom stereocenters. The maximum Gasteiger partial charge on any atom is 0.262 e. The number of rotatable bonds is 4. The van der Waals surface area contributed by atoms with Gasteiger partial charge in [-0.25, -0.2) is 8.42 Å². The molecule has 0 radical (unpaired) electrons. The second kappa shape index (κ2) is 5.90. The van der Waals surface area contributed by atoms with Gasteiger partial charge in [-0.05, 0) is 49.1 Å². The van der Waals surface area contributed by atoms with Gasteiger partial charge >= 0.3 is 0 Å². The first-order valence-electron chi connectivity index (χ1n) is 6.99. The number of hydrogen-bond acceptors (Lipinski definition) is 2. The van der Waals surface area contributed by atoms with Crippen LogP contribution in [0.15, 0.2) is 47.4 Å². The molecule has 0 fully saturated rings. The van der Waals surface area contributed by atoms with Gasteiger partial charge in [0.25, 0.3) is 10.0 Å². The minimum atomic E-state index is -3.56. The van der Waals surface area contributed by atoms with Gasteiger partial charge in [0.15, 0.2) is 0 Å². The molecule has 2 rings (SSSR count). The van der Waals surface area contributed by atoms with Gasteiger partial charge in [0.1, 0.15) is 0 Å². The van der Waals surface area contributed by atoms with Crippen molar-refractivity contribution in [2.24, 2.45) is 0 Å². The molecule has 2 aromatic carbocycles. The van der Waals surface area contributed by atoms with E-state index in [1.165, 1.54) is 0 Å². The molecule has 1 N–H and O–H groups in total. The highest BCUT2D eigenvalue weighted by Gasteiger charge is 2.18. The van der Waals surface area contributed by atoms with Gasteiger partial charge in [-0.2, -0.15) is 0 Å². The molecule has 112 valence electrons. The highest BCUT2D eigenvalue weighted by molar-refractivity contribution is 7.92. The molecule has 0 atom stereocenters. The van der Waals surface area contributed by atoms with Crippen LogP contribution in [0.3, 0.4) is 0 Å². The Kier molecular flexibility index (Phi) is 4.37. The summed E-state index contributed by atoms with van der Waals surface area (Å²) in [7, 11) is -3.56. The highest BCUT2D eigenvalue weighted by Crippen LogP contribution is 2.24. The van der Waals surface area contributed by atoms with Crippen LogP contribution in [-0.4, -0.2) is 8.42 Å². The van der Waals surface area contributed by atoms with Crippen LogP contribution in [0, 0.1) is 13.8 Å². The lowest BCUT2D eigenvalue weighted by molar-refractivity contribution is 0.600. The van der Waals surface area contributed by atoms with E-state index in [2.05, 4.69) is 18.6 Å². The first-order valence-corrected chi connectivity index (χ1v) is 8.48. The summed E-state index contributed by atoms with van der Waals surface area (Å²) in [5.41, 5.74) is 3.44. The molecule has 0 aliphatic carbocycles. The van der Waals surface area contributed by atoms with E-state index in [4.69, 9.17) is 0 Å². The molecule has 0 aliphatic rings. The van der Waals surface area contributed by atoms with Crippen molar-refractivity contribution < 1.29 is 8.42 Å². The Balaban J connectivity index is 2.39. The average Bonchev–Trinajstić information content (AvgIpc) is 2.41. The normalized spacial score (nSPS) is 11.7. The summed E-state index contributed by atoms with van der Waals surface area (Å²) in [5, 5.41) is 0. The van der Waals surface area contributed by atoms with Crippen molar-refractivity contribution in [2.75, 3.05) is 4.72 Å². The summed E-state index contributed by atoms with van der Waals surface area (Å²) in [6.45, 7) is 7.88. The fourth-order valence-corrected chi connectivity index (χ4v) is 3.44. The fraction of sp³-hybridized carbons (Fsp3) is 0.294. The van der Waals surface area contributed by atoms with Gasteiger partial charge in [-0.1, -0.05) is 43.7 Å². The van der Waals surface area contributed by atoms with Crippen LogP contribution in [-0.2, 0) is 10.0 Å². The van der Waals surface area contributed by atoms with Crippen molar-refractivity contribution in [2.45, 2.75) is 38.5 Å². The molecule has 0 amide bonds. The molecule has 21 heavy (non-hydrogen) atoms. The lowest BCUT2D eigenvalue weighted by Crippen LogP contribution is -2.14. The van der Waals surface area contributed by atoms with Crippen LogP contribution >= 0.6 is 0 Å². The smallest absolute Gasteiger partial charge is 0.262 e. The lowest BCUT2D eigenvalue weighted by Gasteiger charge is -2.13. The van der Waals surface area contributed by atoms with E-state index in [1.807, 2.05) is 38.1 Å². The predicted molar refractivity (Wildman–Crippen MR) is 87.3 cm³/mol. The number of hydrogen-bond donors (Lipinski definition) is 1. The number of nitrogens with one attached hydrogen (secondary N) is 1. The maximum absolute atomic E-state index is 12.6. The third kappa shape index (κ3) is 3.64. The number of anilines is 1. The average molecular weight is 303 g/mol. The van der Waals surface area contributed by atoms with E-state index in [0.29, 0.717) is 16.5 Å². The third-order valence-corrected chi connectivity index (χ3v) is 5.00. The third-order valence-electron chi connectivity index (χ3n) is 3.47. The molecule has 2 aromatic rings. The van der Waals surface area contributed by atoms with Crippen LogP contribution in [0.1, 0.15) is 36.5 Å². The topological polar surface area (TPSA) is 46.2 Å². The lowest BCUT2D eigenvalue weighted by atomic mass is 10.0. The van der Waals surface area contributed by atoms with Gasteiger partial charge < -0.3 is 0 Å². The predicted octanol–water partition coefficient (Wildman–Crippen LogP) is 4.23. The van der Waals surface area contributed by atoms with Crippen molar-refractivity contribution in [1.82, 2.24) is 0 Å². The largest absolute Gasteiger partial charge is 0.280 e. The molecule has 0 saturated carbocycles. The van der Waals surface area contributed by atoms with Gasteiger partial charge in [-0.3, -0.25) is 4.72 Å². The Bertz CT molecular complexity index is 732. The van der Waals surface area contributed by atoms with Crippen LogP contribution < -0.4 is 4.72 Å². The second-order valence-corrected chi connectivity index (χ2v) is 7.30. The van der Waals surface area contributed by atoms with E-state index in [1.54, 1.807) is 18.2 Å². The molecule has 3 nitrogen and oxygen atoms in total. The van der Waals surface area contributed by atoms with Gasteiger partial charge in [0.05, 0.1) is 4.90 Å². The van der Waals surface area contributed by atoms with Crippen LogP contribution in [0.4, 0.5) is 5.69 Å². The van der Waals surface area contributed by atoms with Gasteiger partial charge in [-0.15, -0.1) is 0 Å². The second-order valence-electron chi connectivity index (χ2n) is 5.65. The van der Waals surface area contributed by atoms with E-state index < -0.39 is 10.0 Å². The molecule has 0 spiro atoms. The Hall–Kier alpha value is -1.81. The van der Waals surface area contributed by atoms with Crippen molar-refractivity contribution in [1.29, 1.82) is 0 Å². The zero-order valence-electron chi connectivity index (χ0n) is 12.8. The SMILES string of the molecule is Cc1ccc(NS(=O)(=O)c2cc(C(C)C)ccc2C)cc1. The Morgan fingerprint density at radius 2 is 1.57 bits per heavy atom. The van der Waals surface area contributed by atoms with Crippen LogP contribution in [0.5, 0.6) is 0 Å². The van der Waals surface area contributed by atoms with Gasteiger partial charge in [0, 0.05) is 5.69 Å². The van der Waals surface area contributed by atoms with E-state index in [9.17, 15) is 8.42 Å². The molecule has 0 heterocycles. The minimum Gasteiger partial charge on any atom is -0.280 e. The summed E-state index contributed by atoms with van der Waals surface area (Å²) in [5.74, 6) is 0.291. The monoisotopic (exact) mass is 303 g/mol. The molecule has 0 aliphatic heterocycles. The highest BCUT2D eigenvalue weighted by atomic mass is 32.2. The summed E-state index contributed by atoms with van der Waals surface area (Å²) >= 11 is 0. The summed E-state index contributed by atoms with van der Waals surface area (Å²) < 4.78 is 27.8. The zero-order chi connectivity index (χ0) is 15.6. The van der Waals surface area contributed by atoms with Crippen molar-refractivity contribution in [3.8, 4) is 0 Å². The number of aryl methyl sites for hydroxylation is 2. The quantitative estimate of drug-likeness (QED) is 0.919. The van der Waals surface area contributed by atoms with E-state index >= 15 is 0 Å². The van der Waals surface area contributed by atoms with Gasteiger partial charge in [0.2, 0.25) is 0 Å². The Morgan fingerprint density at radius 3 is 2.14 bits per heavy atom. The van der Waals surface area contributed by atoms with Crippen molar-refractivity contribution >= 4 is 15.7 Å². The molecule has 4 heteroatoms. The van der Waals surface area contributed by atoms with Crippen LogP contribution in [0.25, 0.3) is 0 Å². The van der Waals surface area contributed by atoms with Crippen molar-refractivity contribution in [3.63, 3.8) is 0 Å². The Labute approximate surface area is 127 Å². The molecular weight excluding hydrogens is 282 g/mol.